The van der Waals surface area contributed by atoms with Crippen LogP contribution in [-0.2, 0) is 0 Å². The number of hydrogen-bond acceptors (Lipinski definition) is 2. The quantitative estimate of drug-likeness (QED) is 0.788. The summed E-state index contributed by atoms with van der Waals surface area (Å²) in [5.74, 6) is 0.755. The van der Waals surface area contributed by atoms with Gasteiger partial charge < -0.3 is 5.32 Å². The molecule has 3 atom stereocenters. The van der Waals surface area contributed by atoms with Crippen molar-refractivity contribution in [3.8, 4) is 0 Å². The third-order valence-electron chi connectivity index (χ3n) is 3.53. The van der Waals surface area contributed by atoms with Gasteiger partial charge in [-0.15, -0.1) is 24.8 Å². The Morgan fingerprint density at radius 2 is 2.00 bits per heavy atom. The molecule has 0 unspecified atom stereocenters. The topological polar surface area (TPSA) is 15.3 Å². The predicted molar refractivity (Wildman–Crippen MR) is 70.6 cm³/mol. The maximum atomic E-state index is 13.7. The first-order valence-corrected chi connectivity index (χ1v) is 5.86. The van der Waals surface area contributed by atoms with Crippen LogP contribution in [0.25, 0.3) is 0 Å². The minimum atomic E-state index is -0.658. The molecule has 0 spiro atoms. The van der Waals surface area contributed by atoms with Crippen LogP contribution in [0, 0.1) is 5.92 Å². The van der Waals surface area contributed by atoms with Gasteiger partial charge in [0, 0.05) is 19.1 Å². The summed E-state index contributed by atoms with van der Waals surface area (Å²) in [6, 6.07) is 0.194. The summed E-state index contributed by atoms with van der Waals surface area (Å²) >= 11 is 0. The second kappa shape index (κ2) is 7.70. The molecule has 2 nitrogen and oxygen atoms in total. The Labute approximate surface area is 110 Å². The van der Waals surface area contributed by atoms with Crippen LogP contribution in [-0.4, -0.2) is 43.3 Å². The van der Waals surface area contributed by atoms with Crippen LogP contribution < -0.4 is 5.32 Å². The molecule has 2 saturated heterocycles. The average Bonchev–Trinajstić information content (AvgIpc) is 2.18. The summed E-state index contributed by atoms with van der Waals surface area (Å²) in [7, 11) is 0. The van der Waals surface area contributed by atoms with E-state index in [0.29, 0.717) is 6.54 Å². The van der Waals surface area contributed by atoms with Crippen LogP contribution in [0.5, 0.6) is 0 Å². The fourth-order valence-electron chi connectivity index (χ4n) is 2.75. The highest BCUT2D eigenvalue weighted by molar-refractivity contribution is 5.85. The molecule has 0 amide bonds. The fourth-order valence-corrected chi connectivity index (χ4v) is 2.75. The summed E-state index contributed by atoms with van der Waals surface area (Å²) in [5, 5.41) is 3.11. The van der Waals surface area contributed by atoms with E-state index >= 15 is 0 Å². The number of rotatable bonds is 1. The lowest BCUT2D eigenvalue weighted by molar-refractivity contribution is 0.0533. The molecule has 0 aromatic carbocycles. The van der Waals surface area contributed by atoms with Crippen LogP contribution in [0.4, 0.5) is 4.39 Å². The molecule has 0 aromatic rings. The standard InChI is InChI=1S/C11H21FN2.2ClH/c1-9-3-2-6-14(8-9)11-4-5-13-7-10(11)12;;/h9-11,13H,2-8H2,1H3;2*1H/t9-,10-,11-;;/m1../s1. The van der Waals surface area contributed by atoms with Gasteiger partial charge in [-0.25, -0.2) is 4.39 Å². The number of likely N-dealkylation sites (tertiary alicyclic amines) is 1. The lowest BCUT2D eigenvalue weighted by Gasteiger charge is -2.40. The normalized spacial score (nSPS) is 36.0. The molecule has 0 radical (unpaired) electrons. The fraction of sp³-hybridized carbons (Fsp3) is 1.00. The monoisotopic (exact) mass is 272 g/mol. The summed E-state index contributed by atoms with van der Waals surface area (Å²) in [4.78, 5) is 2.37. The highest BCUT2D eigenvalue weighted by Crippen LogP contribution is 2.22. The van der Waals surface area contributed by atoms with Crippen molar-refractivity contribution in [2.75, 3.05) is 26.2 Å². The number of halogens is 3. The van der Waals surface area contributed by atoms with E-state index in [1.807, 2.05) is 0 Å². The first-order valence-electron chi connectivity index (χ1n) is 5.86. The molecule has 2 fully saturated rings. The Hall–Kier alpha value is 0.430. The van der Waals surface area contributed by atoms with Gasteiger partial charge in [-0.3, -0.25) is 4.90 Å². The molecule has 2 aliphatic rings. The van der Waals surface area contributed by atoms with Gasteiger partial charge >= 0.3 is 0 Å². The molecule has 2 aliphatic heterocycles. The van der Waals surface area contributed by atoms with Gasteiger partial charge in [0.05, 0.1) is 0 Å². The van der Waals surface area contributed by atoms with Crippen molar-refractivity contribution in [2.24, 2.45) is 5.92 Å². The Morgan fingerprint density at radius 3 is 2.62 bits per heavy atom. The largest absolute Gasteiger partial charge is 0.314 e. The number of nitrogens with one attached hydrogen (secondary N) is 1. The van der Waals surface area contributed by atoms with Crippen LogP contribution in [0.1, 0.15) is 26.2 Å². The molecule has 98 valence electrons. The zero-order valence-electron chi connectivity index (χ0n) is 9.82. The molecular formula is C11H23Cl2FN2. The van der Waals surface area contributed by atoms with Gasteiger partial charge in [-0.1, -0.05) is 6.92 Å². The van der Waals surface area contributed by atoms with E-state index in [-0.39, 0.29) is 30.9 Å². The molecular weight excluding hydrogens is 250 g/mol. The molecule has 0 aromatic heterocycles. The molecule has 16 heavy (non-hydrogen) atoms. The van der Waals surface area contributed by atoms with E-state index in [1.165, 1.54) is 12.8 Å². The van der Waals surface area contributed by atoms with Gasteiger partial charge in [0.2, 0.25) is 0 Å². The maximum absolute atomic E-state index is 13.7. The molecule has 1 N–H and O–H groups in total. The average molecular weight is 273 g/mol. The van der Waals surface area contributed by atoms with Crippen molar-refractivity contribution in [3.63, 3.8) is 0 Å². The Bertz CT molecular complexity index is 195. The van der Waals surface area contributed by atoms with Crippen molar-refractivity contribution in [1.29, 1.82) is 0 Å². The van der Waals surface area contributed by atoms with E-state index in [9.17, 15) is 4.39 Å². The van der Waals surface area contributed by atoms with Gasteiger partial charge in [0.15, 0.2) is 0 Å². The molecule has 5 heteroatoms. The third kappa shape index (κ3) is 4.02. The summed E-state index contributed by atoms with van der Waals surface area (Å²) < 4.78 is 13.7. The number of hydrogen-bond donors (Lipinski definition) is 1. The van der Waals surface area contributed by atoms with Crippen molar-refractivity contribution in [2.45, 2.75) is 38.4 Å². The Kier molecular flexibility index (Phi) is 7.90. The third-order valence-corrected chi connectivity index (χ3v) is 3.53. The summed E-state index contributed by atoms with van der Waals surface area (Å²) in [5.41, 5.74) is 0. The van der Waals surface area contributed by atoms with Crippen LogP contribution in [0.2, 0.25) is 0 Å². The first-order chi connectivity index (χ1) is 6.77. The van der Waals surface area contributed by atoms with Gasteiger partial charge in [-0.05, 0) is 38.3 Å². The van der Waals surface area contributed by atoms with Crippen LogP contribution in [0.15, 0.2) is 0 Å². The minimum Gasteiger partial charge on any atom is -0.314 e. The summed E-state index contributed by atoms with van der Waals surface area (Å²) in [6.45, 7) is 6.02. The van der Waals surface area contributed by atoms with Crippen molar-refractivity contribution in [3.05, 3.63) is 0 Å². The zero-order valence-corrected chi connectivity index (χ0v) is 11.5. The van der Waals surface area contributed by atoms with Crippen LogP contribution in [0.3, 0.4) is 0 Å². The number of piperidine rings is 2. The van der Waals surface area contributed by atoms with Gasteiger partial charge in [0.1, 0.15) is 6.17 Å². The van der Waals surface area contributed by atoms with Crippen LogP contribution >= 0.6 is 24.8 Å². The van der Waals surface area contributed by atoms with E-state index in [4.69, 9.17) is 0 Å². The molecule has 2 rings (SSSR count). The maximum Gasteiger partial charge on any atom is 0.128 e. The van der Waals surface area contributed by atoms with Crippen molar-refractivity contribution in [1.82, 2.24) is 10.2 Å². The van der Waals surface area contributed by atoms with E-state index in [2.05, 4.69) is 17.1 Å². The molecule has 0 bridgehead atoms. The Balaban J connectivity index is 0.00000112. The number of alkyl halides is 1. The molecule has 0 saturated carbocycles. The minimum absolute atomic E-state index is 0. The SMILES string of the molecule is C[C@@H]1CCCN([C@@H]2CCNC[C@H]2F)C1.Cl.Cl. The lowest BCUT2D eigenvalue weighted by Crippen LogP contribution is -2.53. The van der Waals surface area contributed by atoms with E-state index in [0.717, 1.165) is 32.0 Å². The molecule has 0 aliphatic carbocycles. The van der Waals surface area contributed by atoms with Gasteiger partial charge in [0.25, 0.3) is 0 Å². The summed E-state index contributed by atoms with van der Waals surface area (Å²) in [6.07, 6.45) is 2.89. The highest BCUT2D eigenvalue weighted by atomic mass is 35.5. The van der Waals surface area contributed by atoms with E-state index < -0.39 is 6.17 Å². The van der Waals surface area contributed by atoms with Crippen molar-refractivity contribution < 1.29 is 4.39 Å². The predicted octanol–water partition coefficient (Wildman–Crippen LogP) is 2.26. The highest BCUT2D eigenvalue weighted by Gasteiger charge is 2.31. The van der Waals surface area contributed by atoms with E-state index in [1.54, 1.807) is 0 Å². The van der Waals surface area contributed by atoms with Gasteiger partial charge in [-0.2, -0.15) is 0 Å². The number of nitrogens with zero attached hydrogens (tertiary/aromatic N) is 1. The zero-order chi connectivity index (χ0) is 9.97. The second-order valence-electron chi connectivity index (χ2n) is 4.82. The Morgan fingerprint density at radius 1 is 1.25 bits per heavy atom. The second-order valence-corrected chi connectivity index (χ2v) is 4.82. The smallest absolute Gasteiger partial charge is 0.128 e. The first kappa shape index (κ1) is 16.4. The molecule has 2 heterocycles. The van der Waals surface area contributed by atoms with Crippen molar-refractivity contribution >= 4 is 24.8 Å². The lowest BCUT2D eigenvalue weighted by atomic mass is 9.95.